The average Bonchev–Trinajstić information content (AvgIpc) is 2.64. The zero-order valence-electron chi connectivity index (χ0n) is 14.6. The summed E-state index contributed by atoms with van der Waals surface area (Å²) in [7, 11) is 0. The van der Waals surface area contributed by atoms with Crippen molar-refractivity contribution >= 4 is 17.3 Å². The Labute approximate surface area is 148 Å². The van der Waals surface area contributed by atoms with Crippen molar-refractivity contribution in [3.05, 3.63) is 60.2 Å². The van der Waals surface area contributed by atoms with Crippen molar-refractivity contribution in [3.63, 3.8) is 0 Å². The van der Waals surface area contributed by atoms with Crippen molar-refractivity contribution in [3.8, 4) is 0 Å². The van der Waals surface area contributed by atoms with Crippen molar-refractivity contribution in [2.24, 2.45) is 0 Å². The summed E-state index contributed by atoms with van der Waals surface area (Å²) in [5.41, 5.74) is 2.81. The summed E-state index contributed by atoms with van der Waals surface area (Å²) in [6.07, 6.45) is 1.54. The topological polar surface area (TPSA) is 32.3 Å². The number of halogens is 1. The second-order valence-electron chi connectivity index (χ2n) is 6.59. The summed E-state index contributed by atoms with van der Waals surface area (Å²) >= 11 is 0. The van der Waals surface area contributed by atoms with Gasteiger partial charge in [0.25, 0.3) is 0 Å². The minimum absolute atomic E-state index is 0.00300. The molecule has 1 heterocycles. The van der Waals surface area contributed by atoms with Crippen LogP contribution in [0.15, 0.2) is 54.6 Å². The Kier molecular flexibility index (Phi) is 5.69. The van der Waals surface area contributed by atoms with Crippen molar-refractivity contribution in [2.45, 2.75) is 38.3 Å². The third-order valence-corrected chi connectivity index (χ3v) is 4.79. The zero-order valence-corrected chi connectivity index (χ0v) is 14.6. The number of nitrogens with one attached hydrogen (secondary N) is 1. The van der Waals surface area contributed by atoms with Gasteiger partial charge in [0.2, 0.25) is 5.91 Å². The maximum atomic E-state index is 13.6. The van der Waals surface area contributed by atoms with Gasteiger partial charge in [0, 0.05) is 24.5 Å². The number of hydrogen-bond donors (Lipinski definition) is 1. The van der Waals surface area contributed by atoms with E-state index in [9.17, 15) is 9.18 Å². The molecule has 1 amide bonds. The number of alkyl halides is 1. The normalized spacial score (nSPS) is 18.6. The third kappa shape index (κ3) is 4.38. The number of carbonyl (C=O) groups is 1. The lowest BCUT2D eigenvalue weighted by Crippen LogP contribution is -2.36. The molecule has 0 aromatic heterocycles. The van der Waals surface area contributed by atoms with Crippen LogP contribution < -0.4 is 10.2 Å². The first-order valence-electron chi connectivity index (χ1n) is 9.02. The van der Waals surface area contributed by atoms with Gasteiger partial charge < -0.3 is 10.2 Å². The van der Waals surface area contributed by atoms with Crippen LogP contribution in [0.4, 0.5) is 15.8 Å². The van der Waals surface area contributed by atoms with Crippen LogP contribution in [0.1, 0.15) is 37.7 Å². The molecule has 132 valence electrons. The van der Waals surface area contributed by atoms with Crippen LogP contribution in [0.2, 0.25) is 0 Å². The van der Waals surface area contributed by atoms with E-state index in [-0.39, 0.29) is 11.8 Å². The van der Waals surface area contributed by atoms with E-state index >= 15 is 0 Å². The number of carbonyl (C=O) groups excluding carboxylic acids is 1. The molecule has 1 unspecified atom stereocenters. The molecule has 1 aliphatic heterocycles. The van der Waals surface area contributed by atoms with E-state index in [1.807, 2.05) is 61.5 Å². The largest absolute Gasteiger partial charge is 0.369 e. The van der Waals surface area contributed by atoms with E-state index < -0.39 is 6.17 Å². The molecule has 0 bridgehead atoms. The second-order valence-corrected chi connectivity index (χ2v) is 6.59. The van der Waals surface area contributed by atoms with Gasteiger partial charge in [-0.3, -0.25) is 4.79 Å². The van der Waals surface area contributed by atoms with Crippen molar-refractivity contribution in [2.75, 3.05) is 23.3 Å². The monoisotopic (exact) mass is 340 g/mol. The Balaban J connectivity index is 1.65. The van der Waals surface area contributed by atoms with Gasteiger partial charge in [-0.1, -0.05) is 37.3 Å². The highest BCUT2D eigenvalue weighted by atomic mass is 19.1. The lowest BCUT2D eigenvalue weighted by molar-refractivity contribution is -0.117. The molecule has 2 atom stereocenters. The Morgan fingerprint density at radius 2 is 1.92 bits per heavy atom. The summed E-state index contributed by atoms with van der Waals surface area (Å²) in [6.45, 7) is 3.36. The van der Waals surface area contributed by atoms with Crippen molar-refractivity contribution in [1.29, 1.82) is 0 Å². The molecule has 0 aliphatic carbocycles. The van der Waals surface area contributed by atoms with Crippen molar-refractivity contribution < 1.29 is 9.18 Å². The van der Waals surface area contributed by atoms with E-state index in [1.54, 1.807) is 0 Å². The fraction of sp³-hybridized carbons (Fsp3) is 0.381. The van der Waals surface area contributed by atoms with Gasteiger partial charge in [0.05, 0.1) is 5.92 Å². The molecule has 1 aliphatic rings. The highest BCUT2D eigenvalue weighted by molar-refractivity contribution is 5.95. The summed E-state index contributed by atoms with van der Waals surface area (Å²) in [5.74, 6) is -0.154. The first kappa shape index (κ1) is 17.5. The Morgan fingerprint density at radius 3 is 2.56 bits per heavy atom. The number of piperidine rings is 1. The molecule has 3 nitrogen and oxygen atoms in total. The van der Waals surface area contributed by atoms with Crippen LogP contribution >= 0.6 is 0 Å². The molecule has 3 rings (SSSR count). The molecule has 2 aromatic rings. The molecular formula is C21H25FN2O. The van der Waals surface area contributed by atoms with Gasteiger partial charge in [0.15, 0.2) is 0 Å². The summed E-state index contributed by atoms with van der Waals surface area (Å²) in [4.78, 5) is 14.7. The molecule has 0 saturated carbocycles. The predicted octanol–water partition coefficient (Wildman–Crippen LogP) is 4.76. The van der Waals surface area contributed by atoms with E-state index in [2.05, 4.69) is 10.2 Å². The average molecular weight is 340 g/mol. The van der Waals surface area contributed by atoms with Gasteiger partial charge in [-0.05, 0) is 49.1 Å². The van der Waals surface area contributed by atoms with Crippen LogP contribution in [0, 0.1) is 0 Å². The number of rotatable bonds is 5. The van der Waals surface area contributed by atoms with Gasteiger partial charge in [-0.2, -0.15) is 0 Å². The van der Waals surface area contributed by atoms with Crippen molar-refractivity contribution in [1.82, 2.24) is 0 Å². The lowest BCUT2D eigenvalue weighted by atomic mass is 9.95. The van der Waals surface area contributed by atoms with Crippen LogP contribution in [-0.4, -0.2) is 25.2 Å². The predicted molar refractivity (Wildman–Crippen MR) is 101 cm³/mol. The first-order valence-corrected chi connectivity index (χ1v) is 9.02. The lowest BCUT2D eigenvalue weighted by Gasteiger charge is -2.31. The molecule has 0 radical (unpaired) electrons. The molecule has 0 spiro atoms. The van der Waals surface area contributed by atoms with Gasteiger partial charge in [-0.25, -0.2) is 4.39 Å². The number of nitrogens with zero attached hydrogens (tertiary/aromatic N) is 1. The Hall–Kier alpha value is -2.36. The molecule has 2 aromatic carbocycles. The van der Waals surface area contributed by atoms with E-state index in [0.717, 1.165) is 36.3 Å². The Bertz CT molecular complexity index is 687. The van der Waals surface area contributed by atoms with Crippen LogP contribution in [0.25, 0.3) is 0 Å². The highest BCUT2D eigenvalue weighted by Gasteiger charge is 2.20. The van der Waals surface area contributed by atoms with E-state index in [0.29, 0.717) is 13.0 Å². The molecule has 25 heavy (non-hydrogen) atoms. The quantitative estimate of drug-likeness (QED) is 0.851. The fourth-order valence-electron chi connectivity index (χ4n) is 3.40. The number of amides is 1. The summed E-state index contributed by atoms with van der Waals surface area (Å²) < 4.78 is 13.6. The maximum absolute atomic E-state index is 13.6. The van der Waals surface area contributed by atoms with Gasteiger partial charge >= 0.3 is 0 Å². The Morgan fingerprint density at radius 1 is 1.20 bits per heavy atom. The molecule has 1 fully saturated rings. The third-order valence-electron chi connectivity index (χ3n) is 4.79. The molecule has 1 saturated heterocycles. The van der Waals surface area contributed by atoms with E-state index in [4.69, 9.17) is 0 Å². The summed E-state index contributed by atoms with van der Waals surface area (Å²) in [5, 5.41) is 3.00. The number of anilines is 2. The SMILES string of the molecule is CC[C@H](C(=O)Nc1ccc(N2CCCC(F)C2)cc1)c1ccccc1. The first-order chi connectivity index (χ1) is 12.2. The number of hydrogen-bond acceptors (Lipinski definition) is 2. The minimum atomic E-state index is -0.746. The van der Waals surface area contributed by atoms with Gasteiger partial charge in [-0.15, -0.1) is 0 Å². The van der Waals surface area contributed by atoms with Gasteiger partial charge in [0.1, 0.15) is 6.17 Å². The molecular weight excluding hydrogens is 315 g/mol. The minimum Gasteiger partial charge on any atom is -0.369 e. The van der Waals surface area contributed by atoms with Crippen LogP contribution in [0.5, 0.6) is 0 Å². The smallest absolute Gasteiger partial charge is 0.231 e. The second kappa shape index (κ2) is 8.15. The van der Waals surface area contributed by atoms with Crippen LogP contribution in [-0.2, 0) is 4.79 Å². The zero-order chi connectivity index (χ0) is 17.6. The summed E-state index contributed by atoms with van der Waals surface area (Å²) in [6, 6.07) is 17.5. The fourth-order valence-corrected chi connectivity index (χ4v) is 3.40. The van der Waals surface area contributed by atoms with Crippen LogP contribution in [0.3, 0.4) is 0 Å². The standard InChI is InChI=1S/C21H25FN2O/c1-2-20(16-7-4-3-5-8-16)21(25)23-18-10-12-19(13-11-18)24-14-6-9-17(22)15-24/h3-5,7-8,10-13,17,20H,2,6,9,14-15H2,1H3,(H,23,25)/t17?,20-/m0/s1. The molecule has 4 heteroatoms. The molecule has 1 N–H and O–H groups in total. The number of benzene rings is 2. The van der Waals surface area contributed by atoms with E-state index in [1.165, 1.54) is 0 Å². The highest BCUT2D eigenvalue weighted by Crippen LogP contribution is 2.25. The maximum Gasteiger partial charge on any atom is 0.231 e.